The highest BCUT2D eigenvalue weighted by molar-refractivity contribution is 5.74. The summed E-state index contributed by atoms with van der Waals surface area (Å²) >= 11 is 0. The third kappa shape index (κ3) is 4.93. The number of hydrogen-bond donors (Lipinski definition) is 4. The van der Waals surface area contributed by atoms with Crippen LogP contribution in [0.2, 0.25) is 0 Å². The number of hydrogen-bond acceptors (Lipinski definition) is 5. The number of ether oxygens (including phenoxy) is 1. The van der Waals surface area contributed by atoms with Gasteiger partial charge in [0.05, 0.1) is 18.7 Å². The Hall–Kier alpha value is -2.65. The molecule has 1 aliphatic heterocycles. The van der Waals surface area contributed by atoms with Crippen LogP contribution in [0.1, 0.15) is 18.4 Å². The van der Waals surface area contributed by atoms with Gasteiger partial charge in [0.1, 0.15) is 0 Å². The van der Waals surface area contributed by atoms with Gasteiger partial charge in [-0.1, -0.05) is 30.3 Å². The van der Waals surface area contributed by atoms with Gasteiger partial charge in [-0.2, -0.15) is 0 Å². The second-order valence-corrected chi connectivity index (χ2v) is 6.23. The summed E-state index contributed by atoms with van der Waals surface area (Å²) in [5.41, 5.74) is 0.0147. The first kappa shape index (κ1) is 19.7. The Bertz CT molecular complexity index is 652. The van der Waals surface area contributed by atoms with Gasteiger partial charge in [0.25, 0.3) is 0 Å². The molecule has 2 atom stereocenters. The number of carbonyl (C=O) groups is 3. The quantitative estimate of drug-likeness (QED) is 0.472. The SMILES string of the molecule is O=C(O)CNC(OCC1(Cc2ccccc2)CCCN1C(=O)O)C(=O)O. The zero-order valence-electron chi connectivity index (χ0n) is 14.1. The lowest BCUT2D eigenvalue weighted by atomic mass is 9.89. The highest BCUT2D eigenvalue weighted by Crippen LogP contribution is 2.33. The van der Waals surface area contributed by atoms with E-state index in [0.717, 1.165) is 5.56 Å². The molecule has 0 bridgehead atoms. The van der Waals surface area contributed by atoms with Crippen LogP contribution in [0.25, 0.3) is 0 Å². The second-order valence-electron chi connectivity index (χ2n) is 6.23. The Morgan fingerprint density at radius 1 is 1.19 bits per heavy atom. The van der Waals surface area contributed by atoms with Crippen molar-refractivity contribution in [3.05, 3.63) is 35.9 Å². The van der Waals surface area contributed by atoms with Crippen LogP contribution in [0.5, 0.6) is 0 Å². The number of nitrogens with one attached hydrogen (secondary N) is 1. The van der Waals surface area contributed by atoms with E-state index in [1.807, 2.05) is 30.3 Å². The van der Waals surface area contributed by atoms with Crippen LogP contribution in [-0.2, 0) is 20.7 Å². The number of rotatable bonds is 9. The molecule has 142 valence electrons. The van der Waals surface area contributed by atoms with Crippen molar-refractivity contribution in [3.8, 4) is 0 Å². The van der Waals surface area contributed by atoms with Crippen LogP contribution in [0.3, 0.4) is 0 Å². The third-order valence-corrected chi connectivity index (χ3v) is 4.38. The first-order valence-electron chi connectivity index (χ1n) is 8.18. The molecule has 1 amide bonds. The maximum absolute atomic E-state index is 11.7. The lowest BCUT2D eigenvalue weighted by Crippen LogP contribution is -2.54. The van der Waals surface area contributed by atoms with Gasteiger partial charge in [-0.25, -0.2) is 9.59 Å². The number of carboxylic acids is 2. The van der Waals surface area contributed by atoms with Crippen molar-refractivity contribution in [2.24, 2.45) is 0 Å². The molecule has 1 aromatic carbocycles. The fourth-order valence-electron chi connectivity index (χ4n) is 3.23. The van der Waals surface area contributed by atoms with Gasteiger partial charge < -0.3 is 25.0 Å². The van der Waals surface area contributed by atoms with Gasteiger partial charge in [-0.15, -0.1) is 0 Å². The largest absolute Gasteiger partial charge is 0.480 e. The summed E-state index contributed by atoms with van der Waals surface area (Å²) in [5, 5.41) is 29.7. The predicted molar refractivity (Wildman–Crippen MR) is 89.9 cm³/mol. The molecule has 0 radical (unpaired) electrons. The average molecular weight is 366 g/mol. The topological polar surface area (TPSA) is 136 Å². The van der Waals surface area contributed by atoms with Crippen LogP contribution in [0.15, 0.2) is 30.3 Å². The van der Waals surface area contributed by atoms with Crippen LogP contribution in [-0.4, -0.2) is 69.7 Å². The summed E-state index contributed by atoms with van der Waals surface area (Å²) in [6.07, 6.45) is -1.07. The molecule has 9 nitrogen and oxygen atoms in total. The number of carboxylic acid groups (broad SMARTS) is 3. The molecule has 2 unspecified atom stereocenters. The normalized spacial score (nSPS) is 20.7. The van der Waals surface area contributed by atoms with Gasteiger partial charge in [0, 0.05) is 6.54 Å². The van der Waals surface area contributed by atoms with Crippen LogP contribution in [0.4, 0.5) is 4.79 Å². The van der Waals surface area contributed by atoms with E-state index < -0.39 is 36.3 Å². The van der Waals surface area contributed by atoms with E-state index in [9.17, 15) is 24.6 Å². The molecule has 1 aromatic rings. The zero-order valence-corrected chi connectivity index (χ0v) is 14.1. The maximum atomic E-state index is 11.7. The number of nitrogens with zero attached hydrogens (tertiary/aromatic N) is 1. The fourth-order valence-corrected chi connectivity index (χ4v) is 3.23. The van der Waals surface area contributed by atoms with Crippen molar-refractivity contribution in [2.45, 2.75) is 31.0 Å². The van der Waals surface area contributed by atoms with Gasteiger partial charge in [-0.05, 0) is 24.8 Å². The highest BCUT2D eigenvalue weighted by atomic mass is 16.5. The molecular weight excluding hydrogens is 344 g/mol. The summed E-state index contributed by atoms with van der Waals surface area (Å²) in [6, 6.07) is 9.29. The summed E-state index contributed by atoms with van der Waals surface area (Å²) < 4.78 is 5.41. The van der Waals surface area contributed by atoms with Crippen molar-refractivity contribution < 1.29 is 34.4 Å². The first-order chi connectivity index (χ1) is 12.3. The van der Waals surface area contributed by atoms with E-state index in [4.69, 9.17) is 9.84 Å². The molecule has 1 saturated heterocycles. The average Bonchev–Trinajstić information content (AvgIpc) is 2.99. The van der Waals surface area contributed by atoms with Crippen LogP contribution in [0, 0.1) is 0 Å². The van der Waals surface area contributed by atoms with Crippen molar-refractivity contribution in [2.75, 3.05) is 19.7 Å². The molecule has 0 aromatic heterocycles. The van der Waals surface area contributed by atoms with Crippen molar-refractivity contribution in [3.63, 3.8) is 0 Å². The molecule has 26 heavy (non-hydrogen) atoms. The first-order valence-corrected chi connectivity index (χ1v) is 8.18. The molecule has 0 saturated carbocycles. The van der Waals surface area contributed by atoms with E-state index >= 15 is 0 Å². The highest BCUT2D eigenvalue weighted by Gasteiger charge is 2.45. The Labute approximate surface area is 150 Å². The monoisotopic (exact) mass is 366 g/mol. The smallest absolute Gasteiger partial charge is 0.407 e. The molecule has 1 aliphatic rings. The molecule has 9 heteroatoms. The number of amides is 1. The van der Waals surface area contributed by atoms with Crippen molar-refractivity contribution >= 4 is 18.0 Å². The zero-order chi connectivity index (χ0) is 19.2. The summed E-state index contributed by atoms with van der Waals surface area (Å²) in [4.78, 5) is 34.9. The van der Waals surface area contributed by atoms with E-state index in [0.29, 0.717) is 25.8 Å². The fraction of sp³-hybridized carbons (Fsp3) is 0.471. The number of aliphatic carboxylic acids is 2. The molecule has 1 heterocycles. The standard InChI is InChI=1S/C17H22N2O7/c20-13(21)10-18-14(15(22)23)26-11-17(7-4-8-19(17)16(24)25)9-12-5-2-1-3-6-12/h1-3,5-6,14,18H,4,7-11H2,(H,20,21)(H,22,23)(H,24,25). The minimum Gasteiger partial charge on any atom is -0.480 e. The Morgan fingerprint density at radius 2 is 1.88 bits per heavy atom. The Balaban J connectivity index is 2.17. The predicted octanol–water partition coefficient (Wildman–Crippen LogP) is 0.843. The number of likely N-dealkylation sites (tertiary alicyclic amines) is 1. The molecule has 4 N–H and O–H groups in total. The molecule has 0 spiro atoms. The molecular formula is C17H22N2O7. The van der Waals surface area contributed by atoms with Gasteiger partial charge in [-0.3, -0.25) is 10.1 Å². The molecule has 1 fully saturated rings. The second kappa shape index (κ2) is 8.63. The third-order valence-electron chi connectivity index (χ3n) is 4.38. The Kier molecular flexibility index (Phi) is 6.53. The minimum atomic E-state index is -1.53. The van der Waals surface area contributed by atoms with E-state index in [2.05, 4.69) is 5.32 Å². The van der Waals surface area contributed by atoms with Gasteiger partial charge >= 0.3 is 18.0 Å². The summed E-state index contributed by atoms with van der Waals surface area (Å²) in [5.74, 6) is -2.58. The van der Waals surface area contributed by atoms with E-state index in [-0.39, 0.29) is 6.61 Å². The lowest BCUT2D eigenvalue weighted by Gasteiger charge is -2.37. The van der Waals surface area contributed by atoms with Crippen LogP contribution < -0.4 is 5.32 Å². The van der Waals surface area contributed by atoms with Gasteiger partial charge in [0.15, 0.2) is 0 Å². The summed E-state index contributed by atoms with van der Waals surface area (Å²) in [6.45, 7) is -0.394. The van der Waals surface area contributed by atoms with Crippen molar-refractivity contribution in [1.82, 2.24) is 10.2 Å². The molecule has 0 aliphatic carbocycles. The maximum Gasteiger partial charge on any atom is 0.407 e. The lowest BCUT2D eigenvalue weighted by molar-refractivity contribution is -0.156. The van der Waals surface area contributed by atoms with Gasteiger partial charge in [0.2, 0.25) is 6.23 Å². The number of benzene rings is 1. The van der Waals surface area contributed by atoms with E-state index in [1.54, 1.807) is 0 Å². The Morgan fingerprint density at radius 3 is 2.46 bits per heavy atom. The van der Waals surface area contributed by atoms with Crippen LogP contribution >= 0.6 is 0 Å². The van der Waals surface area contributed by atoms with Crippen molar-refractivity contribution in [1.29, 1.82) is 0 Å². The minimum absolute atomic E-state index is 0.155. The molecule has 2 rings (SSSR count). The summed E-state index contributed by atoms with van der Waals surface area (Å²) in [7, 11) is 0. The van der Waals surface area contributed by atoms with E-state index in [1.165, 1.54) is 4.90 Å².